The minimum Gasteiger partial charge on any atom is -0.508 e. The molecule has 1 fully saturated rings. The second-order valence-electron chi connectivity index (χ2n) is 5.29. The number of aromatic nitrogens is 2. The number of phenolic OH excluding ortho intramolecular Hbond substituents is 1. The highest BCUT2D eigenvalue weighted by Crippen LogP contribution is 2.30. The Morgan fingerprint density at radius 1 is 1.05 bits per heavy atom. The van der Waals surface area contributed by atoms with E-state index in [-0.39, 0.29) is 0 Å². The van der Waals surface area contributed by atoms with Crippen LogP contribution < -0.4 is 4.90 Å². The molecular weight excluding hydrogens is 282 g/mol. The Morgan fingerprint density at radius 2 is 1.76 bits per heavy atom. The fraction of sp³-hybridized carbons (Fsp3) is 0.375. The quantitative estimate of drug-likeness (QED) is 0.882. The van der Waals surface area contributed by atoms with Crippen molar-refractivity contribution in [3.8, 4) is 5.75 Å². The van der Waals surface area contributed by atoms with Crippen LogP contribution in [0.5, 0.6) is 5.75 Å². The molecule has 1 aliphatic heterocycles. The standard InChI is InChI=1S/C16H19N3OS/c1-21-16-7-6-15(17-18-16)19-10-8-13(9-11-19)12-2-4-14(20)5-3-12/h2-7,13,20H,8-11H2,1H3. The van der Waals surface area contributed by atoms with Crippen LogP contribution in [0.4, 0.5) is 5.82 Å². The van der Waals surface area contributed by atoms with Crippen LogP contribution in [0.3, 0.4) is 0 Å². The van der Waals surface area contributed by atoms with Gasteiger partial charge in [0.1, 0.15) is 10.8 Å². The van der Waals surface area contributed by atoms with Crippen molar-refractivity contribution in [2.75, 3.05) is 24.2 Å². The van der Waals surface area contributed by atoms with Crippen LogP contribution >= 0.6 is 11.8 Å². The van der Waals surface area contributed by atoms with Crippen LogP contribution in [-0.2, 0) is 0 Å². The van der Waals surface area contributed by atoms with Crippen molar-refractivity contribution in [3.63, 3.8) is 0 Å². The van der Waals surface area contributed by atoms with Gasteiger partial charge in [-0.2, -0.15) is 0 Å². The normalized spacial score (nSPS) is 16.1. The van der Waals surface area contributed by atoms with E-state index in [2.05, 4.69) is 21.2 Å². The third-order valence-corrected chi connectivity index (χ3v) is 4.65. The minimum atomic E-state index is 0.334. The molecule has 5 heteroatoms. The summed E-state index contributed by atoms with van der Waals surface area (Å²) in [6.45, 7) is 2.00. The average Bonchev–Trinajstić information content (AvgIpc) is 2.56. The molecule has 1 aromatic carbocycles. The molecule has 21 heavy (non-hydrogen) atoms. The maximum Gasteiger partial charge on any atom is 0.151 e. The molecule has 1 aromatic heterocycles. The van der Waals surface area contributed by atoms with E-state index in [1.54, 1.807) is 23.9 Å². The average molecular weight is 301 g/mol. The number of nitrogens with zero attached hydrogens (tertiary/aromatic N) is 3. The first kappa shape index (κ1) is 14.2. The van der Waals surface area contributed by atoms with Crippen LogP contribution in [0, 0.1) is 0 Å². The van der Waals surface area contributed by atoms with Gasteiger partial charge in [-0.3, -0.25) is 0 Å². The van der Waals surface area contributed by atoms with Crippen molar-refractivity contribution in [1.29, 1.82) is 0 Å². The Morgan fingerprint density at radius 3 is 2.33 bits per heavy atom. The molecular formula is C16H19N3OS. The van der Waals surface area contributed by atoms with Gasteiger partial charge in [-0.25, -0.2) is 0 Å². The molecule has 0 saturated carbocycles. The predicted octanol–water partition coefficient (Wildman–Crippen LogP) is 3.29. The lowest BCUT2D eigenvalue weighted by atomic mass is 9.89. The smallest absolute Gasteiger partial charge is 0.151 e. The van der Waals surface area contributed by atoms with Gasteiger partial charge in [-0.15, -0.1) is 22.0 Å². The summed E-state index contributed by atoms with van der Waals surface area (Å²) in [5.74, 6) is 1.87. The SMILES string of the molecule is CSc1ccc(N2CCC(c3ccc(O)cc3)CC2)nn1. The van der Waals surface area contributed by atoms with Crippen molar-refractivity contribution in [2.24, 2.45) is 0 Å². The molecule has 4 nitrogen and oxygen atoms in total. The summed E-state index contributed by atoms with van der Waals surface area (Å²) < 4.78 is 0. The Hall–Kier alpha value is -1.75. The number of rotatable bonds is 3. The topological polar surface area (TPSA) is 49.2 Å². The zero-order valence-corrected chi connectivity index (χ0v) is 12.9. The zero-order chi connectivity index (χ0) is 14.7. The number of benzene rings is 1. The third-order valence-electron chi connectivity index (χ3n) is 4.02. The Bertz CT molecular complexity index is 577. The Labute approximate surface area is 129 Å². The van der Waals surface area contributed by atoms with Crippen LogP contribution in [0.25, 0.3) is 0 Å². The van der Waals surface area contributed by atoms with Gasteiger partial charge in [0.2, 0.25) is 0 Å². The lowest BCUT2D eigenvalue weighted by Crippen LogP contribution is -2.33. The van der Waals surface area contributed by atoms with E-state index in [4.69, 9.17) is 0 Å². The number of hydrogen-bond donors (Lipinski definition) is 1. The molecule has 1 N–H and O–H groups in total. The van der Waals surface area contributed by atoms with E-state index >= 15 is 0 Å². The zero-order valence-electron chi connectivity index (χ0n) is 12.1. The van der Waals surface area contributed by atoms with Crippen LogP contribution in [-0.4, -0.2) is 34.6 Å². The maximum atomic E-state index is 9.36. The summed E-state index contributed by atoms with van der Waals surface area (Å²) in [7, 11) is 0. The predicted molar refractivity (Wildman–Crippen MR) is 86.1 cm³/mol. The lowest BCUT2D eigenvalue weighted by Gasteiger charge is -2.32. The number of phenols is 1. The highest BCUT2D eigenvalue weighted by Gasteiger charge is 2.21. The molecule has 1 aliphatic rings. The number of piperidine rings is 1. The third kappa shape index (κ3) is 3.29. The molecule has 1 saturated heterocycles. The molecule has 0 radical (unpaired) electrons. The largest absolute Gasteiger partial charge is 0.508 e. The van der Waals surface area contributed by atoms with Gasteiger partial charge in [0, 0.05) is 13.1 Å². The summed E-state index contributed by atoms with van der Waals surface area (Å²) >= 11 is 1.61. The van der Waals surface area contributed by atoms with Gasteiger partial charge >= 0.3 is 0 Å². The summed E-state index contributed by atoms with van der Waals surface area (Å²) in [6.07, 6.45) is 4.22. The fourth-order valence-corrected chi connectivity index (χ4v) is 3.11. The van der Waals surface area contributed by atoms with Crippen molar-refractivity contribution < 1.29 is 5.11 Å². The van der Waals surface area contributed by atoms with E-state index in [0.29, 0.717) is 11.7 Å². The van der Waals surface area contributed by atoms with Gasteiger partial charge in [0.05, 0.1) is 0 Å². The Balaban J connectivity index is 1.62. The molecule has 0 spiro atoms. The highest BCUT2D eigenvalue weighted by molar-refractivity contribution is 7.98. The molecule has 3 rings (SSSR count). The summed E-state index contributed by atoms with van der Waals surface area (Å²) in [5, 5.41) is 18.8. The lowest BCUT2D eigenvalue weighted by molar-refractivity contribution is 0.472. The van der Waals surface area contributed by atoms with E-state index in [0.717, 1.165) is 36.8 Å². The van der Waals surface area contributed by atoms with Crippen molar-refractivity contribution in [3.05, 3.63) is 42.0 Å². The summed E-state index contributed by atoms with van der Waals surface area (Å²) in [6, 6.07) is 11.7. The maximum absolute atomic E-state index is 9.36. The number of anilines is 1. The molecule has 2 heterocycles. The molecule has 0 atom stereocenters. The first-order chi connectivity index (χ1) is 10.3. The second-order valence-corrected chi connectivity index (χ2v) is 6.11. The van der Waals surface area contributed by atoms with Crippen molar-refractivity contribution >= 4 is 17.6 Å². The van der Waals surface area contributed by atoms with Gasteiger partial charge in [-0.05, 0) is 54.8 Å². The molecule has 110 valence electrons. The van der Waals surface area contributed by atoms with Gasteiger partial charge in [0.15, 0.2) is 5.82 Å². The van der Waals surface area contributed by atoms with Crippen LogP contribution in [0.2, 0.25) is 0 Å². The summed E-state index contributed by atoms with van der Waals surface area (Å²) in [4.78, 5) is 2.30. The van der Waals surface area contributed by atoms with Crippen molar-refractivity contribution in [1.82, 2.24) is 10.2 Å². The van der Waals surface area contributed by atoms with Crippen molar-refractivity contribution in [2.45, 2.75) is 23.8 Å². The van der Waals surface area contributed by atoms with E-state index in [1.165, 1.54) is 5.56 Å². The van der Waals surface area contributed by atoms with E-state index < -0.39 is 0 Å². The van der Waals surface area contributed by atoms with Gasteiger partial charge < -0.3 is 10.0 Å². The first-order valence-corrected chi connectivity index (χ1v) is 8.40. The van der Waals surface area contributed by atoms with E-state index in [1.807, 2.05) is 24.5 Å². The molecule has 0 amide bonds. The molecule has 0 unspecified atom stereocenters. The van der Waals surface area contributed by atoms with Crippen LogP contribution in [0.1, 0.15) is 24.3 Å². The number of thioether (sulfide) groups is 1. The molecule has 0 bridgehead atoms. The molecule has 0 aliphatic carbocycles. The Kier molecular flexibility index (Phi) is 4.29. The fourth-order valence-electron chi connectivity index (χ4n) is 2.78. The van der Waals surface area contributed by atoms with Crippen LogP contribution in [0.15, 0.2) is 41.4 Å². The van der Waals surface area contributed by atoms with E-state index in [9.17, 15) is 5.11 Å². The highest BCUT2D eigenvalue weighted by atomic mass is 32.2. The first-order valence-electron chi connectivity index (χ1n) is 7.18. The van der Waals surface area contributed by atoms with Gasteiger partial charge in [-0.1, -0.05) is 12.1 Å². The minimum absolute atomic E-state index is 0.334. The van der Waals surface area contributed by atoms with Gasteiger partial charge in [0.25, 0.3) is 0 Å². The molecule has 2 aromatic rings. The second kappa shape index (κ2) is 6.35. The number of aromatic hydroxyl groups is 1. The summed E-state index contributed by atoms with van der Waals surface area (Å²) in [5.41, 5.74) is 1.32. The number of hydrogen-bond acceptors (Lipinski definition) is 5. The monoisotopic (exact) mass is 301 g/mol.